The molecule has 1 atom stereocenters. The Morgan fingerprint density at radius 1 is 1.50 bits per heavy atom. The first-order valence-electron chi connectivity index (χ1n) is 6.30. The Hall–Kier alpha value is -1.63. The van der Waals surface area contributed by atoms with E-state index < -0.39 is 6.10 Å². The van der Waals surface area contributed by atoms with Crippen molar-refractivity contribution in [3.63, 3.8) is 0 Å². The second-order valence-corrected chi connectivity index (χ2v) is 5.41. The van der Waals surface area contributed by atoms with E-state index in [1.165, 1.54) is 0 Å². The fraction of sp³-hybridized carbons (Fsp3) is 0.357. The van der Waals surface area contributed by atoms with Crippen LogP contribution in [0.4, 0.5) is 0 Å². The van der Waals surface area contributed by atoms with Gasteiger partial charge < -0.3 is 20.1 Å². The van der Waals surface area contributed by atoms with Crippen molar-refractivity contribution >= 4 is 11.3 Å². The van der Waals surface area contributed by atoms with Crippen LogP contribution in [0.5, 0.6) is 5.75 Å². The highest BCUT2D eigenvalue weighted by atomic mass is 32.1. The standard InChI is InChI=1S/C14H18N2O3S/c1-9-3-4-13(19-2)11(5-9)12(17)7-15-6-10-8-20-14(18)16-10/h3-5,8,12,15,17H,6-7H2,1-2H3,(H,16,18). The first kappa shape index (κ1) is 14.8. The molecular weight excluding hydrogens is 276 g/mol. The maximum absolute atomic E-state index is 11.0. The molecule has 6 heteroatoms. The summed E-state index contributed by atoms with van der Waals surface area (Å²) in [5.74, 6) is 0.675. The van der Waals surface area contributed by atoms with Gasteiger partial charge in [0.25, 0.3) is 0 Å². The first-order chi connectivity index (χ1) is 9.60. The minimum Gasteiger partial charge on any atom is -0.496 e. The van der Waals surface area contributed by atoms with Crippen LogP contribution < -0.4 is 14.9 Å². The number of rotatable bonds is 6. The third kappa shape index (κ3) is 3.69. The van der Waals surface area contributed by atoms with Crippen LogP contribution in [0, 0.1) is 6.92 Å². The van der Waals surface area contributed by atoms with E-state index >= 15 is 0 Å². The third-order valence-corrected chi connectivity index (χ3v) is 3.69. The van der Waals surface area contributed by atoms with Gasteiger partial charge in [0.1, 0.15) is 5.75 Å². The number of thiazole rings is 1. The lowest BCUT2D eigenvalue weighted by molar-refractivity contribution is 0.170. The maximum Gasteiger partial charge on any atom is 0.304 e. The smallest absolute Gasteiger partial charge is 0.304 e. The van der Waals surface area contributed by atoms with Crippen molar-refractivity contribution in [1.29, 1.82) is 0 Å². The average molecular weight is 294 g/mol. The predicted molar refractivity (Wildman–Crippen MR) is 79.3 cm³/mol. The zero-order chi connectivity index (χ0) is 14.5. The van der Waals surface area contributed by atoms with Gasteiger partial charge in [-0.15, -0.1) is 0 Å². The number of benzene rings is 1. The van der Waals surface area contributed by atoms with Crippen molar-refractivity contribution in [3.8, 4) is 5.75 Å². The number of aromatic nitrogens is 1. The molecule has 0 saturated carbocycles. The number of aryl methyl sites for hydroxylation is 1. The molecule has 0 fully saturated rings. The molecule has 20 heavy (non-hydrogen) atoms. The number of aliphatic hydroxyl groups is 1. The molecule has 0 aliphatic carbocycles. The van der Waals surface area contributed by atoms with Crippen LogP contribution in [-0.2, 0) is 6.54 Å². The highest BCUT2D eigenvalue weighted by Crippen LogP contribution is 2.25. The Kier molecular flexibility index (Phi) is 4.94. The summed E-state index contributed by atoms with van der Waals surface area (Å²) in [6.07, 6.45) is -0.657. The lowest BCUT2D eigenvalue weighted by Crippen LogP contribution is -2.22. The number of nitrogens with one attached hydrogen (secondary N) is 2. The van der Waals surface area contributed by atoms with E-state index in [2.05, 4.69) is 10.3 Å². The molecule has 0 amide bonds. The molecule has 2 rings (SSSR count). The minimum absolute atomic E-state index is 0.0669. The molecule has 0 radical (unpaired) electrons. The number of H-pyrrole nitrogens is 1. The van der Waals surface area contributed by atoms with Gasteiger partial charge in [-0.3, -0.25) is 4.79 Å². The largest absolute Gasteiger partial charge is 0.496 e. The molecule has 1 aromatic carbocycles. The van der Waals surface area contributed by atoms with Crippen LogP contribution in [0.15, 0.2) is 28.4 Å². The number of aliphatic hydroxyl groups excluding tert-OH is 1. The predicted octanol–water partition coefficient (Wildman–Crippen LogP) is 1.58. The molecule has 0 aliphatic rings. The summed E-state index contributed by atoms with van der Waals surface area (Å²) in [5.41, 5.74) is 2.66. The van der Waals surface area contributed by atoms with Gasteiger partial charge in [-0.1, -0.05) is 23.0 Å². The summed E-state index contributed by atoms with van der Waals surface area (Å²) in [6, 6.07) is 5.71. The lowest BCUT2D eigenvalue weighted by Gasteiger charge is -2.16. The Morgan fingerprint density at radius 2 is 2.30 bits per heavy atom. The van der Waals surface area contributed by atoms with Crippen molar-refractivity contribution < 1.29 is 9.84 Å². The van der Waals surface area contributed by atoms with E-state index in [0.29, 0.717) is 18.8 Å². The molecule has 0 saturated heterocycles. The second kappa shape index (κ2) is 6.69. The molecular formula is C14H18N2O3S. The second-order valence-electron chi connectivity index (χ2n) is 4.57. The van der Waals surface area contributed by atoms with Crippen molar-refractivity contribution in [3.05, 3.63) is 50.1 Å². The summed E-state index contributed by atoms with van der Waals surface area (Å²) in [5, 5.41) is 15.1. The summed E-state index contributed by atoms with van der Waals surface area (Å²) in [6.45, 7) is 2.88. The van der Waals surface area contributed by atoms with Crippen LogP contribution in [0.2, 0.25) is 0 Å². The normalized spacial score (nSPS) is 12.3. The Balaban J connectivity index is 1.96. The molecule has 3 N–H and O–H groups in total. The zero-order valence-corrected chi connectivity index (χ0v) is 12.3. The molecule has 0 bridgehead atoms. The molecule has 1 aromatic heterocycles. The van der Waals surface area contributed by atoms with Crippen LogP contribution in [0.25, 0.3) is 0 Å². The molecule has 5 nitrogen and oxygen atoms in total. The summed E-state index contributed by atoms with van der Waals surface area (Å²) in [4.78, 5) is 13.6. The van der Waals surface area contributed by atoms with Gasteiger partial charge in [0.15, 0.2) is 0 Å². The van der Waals surface area contributed by atoms with E-state index in [9.17, 15) is 9.90 Å². The summed E-state index contributed by atoms with van der Waals surface area (Å²) >= 11 is 1.13. The van der Waals surface area contributed by atoms with E-state index in [-0.39, 0.29) is 4.87 Å². The monoisotopic (exact) mass is 294 g/mol. The SMILES string of the molecule is COc1ccc(C)cc1C(O)CNCc1csc(=O)[nH]1. The molecule has 1 unspecified atom stereocenters. The number of aromatic amines is 1. The number of ether oxygens (including phenoxy) is 1. The van der Waals surface area contributed by atoms with Crippen LogP contribution in [0.3, 0.4) is 0 Å². The topological polar surface area (TPSA) is 74.3 Å². The Bertz CT molecular complexity index is 621. The zero-order valence-electron chi connectivity index (χ0n) is 11.5. The van der Waals surface area contributed by atoms with Crippen LogP contribution in [-0.4, -0.2) is 23.7 Å². The molecule has 0 aliphatic heterocycles. The quantitative estimate of drug-likeness (QED) is 0.756. The van der Waals surface area contributed by atoms with Crippen molar-refractivity contribution in [1.82, 2.24) is 10.3 Å². The van der Waals surface area contributed by atoms with E-state index in [4.69, 9.17) is 4.74 Å². The van der Waals surface area contributed by atoms with Crippen molar-refractivity contribution in [2.75, 3.05) is 13.7 Å². The minimum atomic E-state index is -0.657. The highest BCUT2D eigenvalue weighted by molar-refractivity contribution is 7.07. The fourth-order valence-electron chi connectivity index (χ4n) is 1.97. The number of hydrogen-bond donors (Lipinski definition) is 3. The maximum atomic E-state index is 11.0. The number of hydrogen-bond acceptors (Lipinski definition) is 5. The van der Waals surface area contributed by atoms with Gasteiger partial charge in [-0.25, -0.2) is 0 Å². The van der Waals surface area contributed by atoms with Crippen molar-refractivity contribution in [2.45, 2.75) is 19.6 Å². The van der Waals surface area contributed by atoms with Gasteiger partial charge in [-0.2, -0.15) is 0 Å². The van der Waals surface area contributed by atoms with Gasteiger partial charge >= 0.3 is 4.87 Å². The number of methoxy groups -OCH3 is 1. The Morgan fingerprint density at radius 3 is 2.95 bits per heavy atom. The third-order valence-electron chi connectivity index (χ3n) is 2.97. The van der Waals surface area contributed by atoms with Gasteiger partial charge in [0.05, 0.1) is 13.2 Å². The molecule has 0 spiro atoms. The lowest BCUT2D eigenvalue weighted by atomic mass is 10.1. The Labute approximate surface area is 121 Å². The van der Waals surface area contributed by atoms with E-state index in [1.807, 2.05) is 25.1 Å². The average Bonchev–Trinajstić information content (AvgIpc) is 2.84. The highest BCUT2D eigenvalue weighted by Gasteiger charge is 2.13. The van der Waals surface area contributed by atoms with Gasteiger partial charge in [0.2, 0.25) is 0 Å². The molecule has 2 aromatic rings. The van der Waals surface area contributed by atoms with Crippen LogP contribution in [0.1, 0.15) is 22.9 Å². The van der Waals surface area contributed by atoms with Crippen LogP contribution >= 0.6 is 11.3 Å². The molecule has 1 heterocycles. The fourth-order valence-corrected chi connectivity index (χ4v) is 2.55. The summed E-state index contributed by atoms with van der Waals surface area (Å²) in [7, 11) is 1.59. The van der Waals surface area contributed by atoms with Gasteiger partial charge in [0, 0.05) is 29.7 Å². The van der Waals surface area contributed by atoms with Crippen molar-refractivity contribution in [2.24, 2.45) is 0 Å². The van der Waals surface area contributed by atoms with E-state index in [0.717, 1.165) is 28.2 Å². The van der Waals surface area contributed by atoms with Gasteiger partial charge in [-0.05, 0) is 19.1 Å². The van der Waals surface area contributed by atoms with E-state index in [1.54, 1.807) is 12.5 Å². The summed E-state index contributed by atoms with van der Waals surface area (Å²) < 4.78 is 5.26. The molecule has 108 valence electrons. The first-order valence-corrected chi connectivity index (χ1v) is 7.18.